The van der Waals surface area contributed by atoms with Gasteiger partial charge in [-0.25, -0.2) is 9.97 Å². The molecule has 6 nitrogen and oxygen atoms in total. The Morgan fingerprint density at radius 3 is 2.57 bits per heavy atom. The molecular weight excluding hydrogens is 292 g/mol. The average Bonchev–Trinajstić information content (AvgIpc) is 2.47. The molecule has 0 spiro atoms. The highest BCUT2D eigenvalue weighted by atomic mass is 35.5. The molecule has 0 aromatic carbocycles. The van der Waals surface area contributed by atoms with Crippen LogP contribution in [-0.2, 0) is 4.74 Å². The molecule has 1 heterocycles. The fourth-order valence-corrected chi connectivity index (χ4v) is 2.63. The van der Waals surface area contributed by atoms with Gasteiger partial charge in [-0.05, 0) is 37.3 Å². The molecule has 0 radical (unpaired) electrons. The third kappa shape index (κ3) is 4.28. The Hall–Kier alpha value is -1.40. The van der Waals surface area contributed by atoms with Crippen molar-refractivity contribution in [3.8, 4) is 0 Å². The van der Waals surface area contributed by atoms with Crippen molar-refractivity contribution >= 4 is 23.3 Å². The summed E-state index contributed by atoms with van der Waals surface area (Å²) in [6.07, 6.45) is 4.09. The van der Waals surface area contributed by atoms with Crippen LogP contribution in [0.4, 0.5) is 5.82 Å². The van der Waals surface area contributed by atoms with Gasteiger partial charge in [-0.3, -0.25) is 4.79 Å². The van der Waals surface area contributed by atoms with Crippen molar-refractivity contribution in [1.29, 1.82) is 0 Å². The molecule has 0 saturated heterocycles. The first kappa shape index (κ1) is 16.0. The van der Waals surface area contributed by atoms with E-state index in [1.165, 1.54) is 0 Å². The van der Waals surface area contributed by atoms with Crippen molar-refractivity contribution in [3.05, 3.63) is 17.0 Å². The fraction of sp³-hybridized carbons (Fsp3) is 0.643. The van der Waals surface area contributed by atoms with Crippen molar-refractivity contribution in [1.82, 2.24) is 15.3 Å². The van der Waals surface area contributed by atoms with Crippen LogP contribution < -0.4 is 10.2 Å². The predicted molar refractivity (Wildman–Crippen MR) is 81.9 cm³/mol. The molecule has 0 aliphatic heterocycles. The summed E-state index contributed by atoms with van der Waals surface area (Å²) >= 11 is 5.87. The van der Waals surface area contributed by atoms with E-state index < -0.39 is 0 Å². The lowest BCUT2D eigenvalue weighted by Crippen LogP contribution is -2.39. The maximum atomic E-state index is 12.3. The van der Waals surface area contributed by atoms with E-state index in [1.807, 2.05) is 14.1 Å². The van der Waals surface area contributed by atoms with E-state index in [-0.39, 0.29) is 17.2 Å². The highest BCUT2D eigenvalue weighted by molar-refractivity contribution is 6.28. The number of methoxy groups -OCH3 is 1. The molecule has 1 amide bonds. The van der Waals surface area contributed by atoms with Crippen LogP contribution in [0.15, 0.2) is 6.07 Å². The van der Waals surface area contributed by atoms with Crippen molar-refractivity contribution in [2.45, 2.75) is 37.8 Å². The molecule has 21 heavy (non-hydrogen) atoms. The van der Waals surface area contributed by atoms with Gasteiger partial charge in [0.1, 0.15) is 11.5 Å². The van der Waals surface area contributed by atoms with E-state index in [4.69, 9.17) is 16.3 Å². The lowest BCUT2D eigenvalue weighted by Gasteiger charge is -2.28. The third-order valence-corrected chi connectivity index (χ3v) is 3.89. The van der Waals surface area contributed by atoms with Gasteiger partial charge in [-0.1, -0.05) is 0 Å². The second-order valence-electron chi connectivity index (χ2n) is 5.46. The van der Waals surface area contributed by atoms with Crippen LogP contribution in [0.1, 0.15) is 36.2 Å². The van der Waals surface area contributed by atoms with E-state index in [0.717, 1.165) is 25.7 Å². The number of rotatable bonds is 4. The molecule has 0 atom stereocenters. The Balaban J connectivity index is 2.00. The van der Waals surface area contributed by atoms with E-state index in [0.29, 0.717) is 17.6 Å². The maximum Gasteiger partial charge on any atom is 0.270 e. The summed E-state index contributed by atoms with van der Waals surface area (Å²) < 4.78 is 5.33. The Morgan fingerprint density at radius 1 is 1.33 bits per heavy atom. The maximum absolute atomic E-state index is 12.3. The number of nitrogens with one attached hydrogen (secondary N) is 1. The van der Waals surface area contributed by atoms with Crippen LogP contribution >= 0.6 is 11.6 Å². The summed E-state index contributed by atoms with van der Waals surface area (Å²) in [5.41, 5.74) is 0.299. The highest BCUT2D eigenvalue weighted by Gasteiger charge is 2.23. The number of anilines is 1. The van der Waals surface area contributed by atoms with Gasteiger partial charge in [0.25, 0.3) is 5.91 Å². The zero-order valence-electron chi connectivity index (χ0n) is 12.6. The molecule has 116 valence electrons. The van der Waals surface area contributed by atoms with E-state index in [1.54, 1.807) is 18.1 Å². The molecule has 0 unspecified atom stereocenters. The summed E-state index contributed by atoms with van der Waals surface area (Å²) in [7, 11) is 5.41. The van der Waals surface area contributed by atoms with Gasteiger partial charge in [0.15, 0.2) is 0 Å². The van der Waals surface area contributed by atoms with Gasteiger partial charge < -0.3 is 15.0 Å². The number of carbonyl (C=O) groups excluding carboxylic acids is 1. The summed E-state index contributed by atoms with van der Waals surface area (Å²) in [5.74, 6) is 0.409. The van der Waals surface area contributed by atoms with Gasteiger partial charge >= 0.3 is 0 Å². The van der Waals surface area contributed by atoms with Crippen molar-refractivity contribution in [3.63, 3.8) is 0 Å². The normalized spacial score (nSPS) is 21.9. The predicted octanol–water partition coefficient (Wildman–Crippen LogP) is 1.88. The first-order valence-electron chi connectivity index (χ1n) is 7.05. The third-order valence-electron chi connectivity index (χ3n) is 3.72. The summed E-state index contributed by atoms with van der Waals surface area (Å²) in [4.78, 5) is 22.1. The van der Waals surface area contributed by atoms with Crippen molar-refractivity contribution in [2.24, 2.45) is 0 Å². The minimum Gasteiger partial charge on any atom is -0.381 e. The Morgan fingerprint density at radius 2 is 2.00 bits per heavy atom. The molecule has 1 aliphatic carbocycles. The van der Waals surface area contributed by atoms with Gasteiger partial charge in [0, 0.05) is 33.3 Å². The Bertz CT molecular complexity index is 502. The lowest BCUT2D eigenvalue weighted by atomic mass is 9.93. The molecular formula is C14H21ClN4O2. The van der Waals surface area contributed by atoms with Crippen LogP contribution in [-0.4, -0.2) is 49.2 Å². The zero-order chi connectivity index (χ0) is 15.4. The average molecular weight is 313 g/mol. The number of nitrogens with zero attached hydrogens (tertiary/aromatic N) is 3. The first-order valence-corrected chi connectivity index (χ1v) is 7.43. The molecule has 1 aromatic rings. The number of hydrogen-bond acceptors (Lipinski definition) is 5. The number of ether oxygens (including phenoxy) is 1. The second-order valence-corrected chi connectivity index (χ2v) is 5.80. The van der Waals surface area contributed by atoms with E-state index in [2.05, 4.69) is 15.3 Å². The van der Waals surface area contributed by atoms with Crippen LogP contribution in [0, 0.1) is 0 Å². The van der Waals surface area contributed by atoms with Crippen LogP contribution in [0.25, 0.3) is 0 Å². The quantitative estimate of drug-likeness (QED) is 0.860. The van der Waals surface area contributed by atoms with Crippen LogP contribution in [0.5, 0.6) is 0 Å². The molecule has 1 saturated carbocycles. The fourth-order valence-electron chi connectivity index (χ4n) is 2.45. The largest absolute Gasteiger partial charge is 0.381 e. The second kappa shape index (κ2) is 7.04. The minimum absolute atomic E-state index is 0.0782. The molecule has 1 aromatic heterocycles. The monoisotopic (exact) mass is 312 g/mol. The summed E-state index contributed by atoms with van der Waals surface area (Å²) in [5, 5.41) is 3.09. The number of hydrogen-bond donors (Lipinski definition) is 1. The Labute approximate surface area is 129 Å². The van der Waals surface area contributed by atoms with Gasteiger partial charge in [0.2, 0.25) is 5.28 Å². The highest BCUT2D eigenvalue weighted by Crippen LogP contribution is 2.21. The summed E-state index contributed by atoms with van der Waals surface area (Å²) in [6, 6.07) is 1.81. The molecule has 1 N–H and O–H groups in total. The molecule has 1 aliphatic rings. The smallest absolute Gasteiger partial charge is 0.270 e. The van der Waals surface area contributed by atoms with Crippen LogP contribution in [0.2, 0.25) is 5.28 Å². The van der Waals surface area contributed by atoms with Crippen molar-refractivity contribution in [2.75, 3.05) is 26.1 Å². The topological polar surface area (TPSA) is 67.3 Å². The number of carbonyl (C=O) groups is 1. The first-order chi connectivity index (χ1) is 9.99. The molecule has 1 fully saturated rings. The van der Waals surface area contributed by atoms with Gasteiger partial charge in [-0.2, -0.15) is 0 Å². The molecule has 7 heteroatoms. The summed E-state index contributed by atoms with van der Waals surface area (Å²) in [6.45, 7) is 0. The van der Waals surface area contributed by atoms with Gasteiger partial charge in [0.05, 0.1) is 6.10 Å². The van der Waals surface area contributed by atoms with Crippen molar-refractivity contribution < 1.29 is 9.53 Å². The number of halogens is 1. The lowest BCUT2D eigenvalue weighted by molar-refractivity contribution is 0.0598. The standard InChI is InChI=1S/C14H21ClN4O2/c1-19(2)12-8-11(17-14(15)18-12)13(20)16-9-4-6-10(21-3)7-5-9/h8-10H,4-7H2,1-3H3,(H,16,20). The zero-order valence-corrected chi connectivity index (χ0v) is 13.4. The molecule has 2 rings (SSSR count). The minimum atomic E-state index is -0.205. The SMILES string of the molecule is COC1CCC(NC(=O)c2cc(N(C)C)nc(Cl)n2)CC1. The van der Waals surface area contributed by atoms with E-state index >= 15 is 0 Å². The van der Waals surface area contributed by atoms with E-state index in [9.17, 15) is 4.79 Å². The number of amides is 1. The molecule has 0 bridgehead atoms. The number of aromatic nitrogens is 2. The Kier molecular flexibility index (Phi) is 5.36. The van der Waals surface area contributed by atoms with Gasteiger partial charge in [-0.15, -0.1) is 0 Å². The van der Waals surface area contributed by atoms with Crippen LogP contribution in [0.3, 0.4) is 0 Å².